The minimum Gasteiger partial charge on any atom is -0.298 e. The first-order chi connectivity index (χ1) is 7.99. The fraction of sp³-hybridized carbons (Fsp3) is 0.533. The van der Waals surface area contributed by atoms with Crippen LogP contribution < -0.4 is 0 Å². The summed E-state index contributed by atoms with van der Waals surface area (Å²) >= 11 is 1.70. The van der Waals surface area contributed by atoms with Gasteiger partial charge in [-0.15, -0.1) is 11.8 Å². The number of rotatable bonds is 2. The molecule has 0 unspecified atom stereocenters. The molecule has 1 heterocycles. The van der Waals surface area contributed by atoms with Crippen molar-refractivity contribution in [3.8, 4) is 0 Å². The van der Waals surface area contributed by atoms with Crippen LogP contribution in [-0.2, 0) is 11.2 Å². The van der Waals surface area contributed by atoms with Gasteiger partial charge in [0, 0.05) is 11.3 Å². The third-order valence-corrected chi connectivity index (χ3v) is 4.44. The molecule has 1 aromatic rings. The average Bonchev–Trinajstić information content (AvgIpc) is 2.26. The first kappa shape index (κ1) is 12.7. The largest absolute Gasteiger partial charge is 0.298 e. The van der Waals surface area contributed by atoms with Crippen molar-refractivity contribution in [1.29, 1.82) is 0 Å². The zero-order valence-corrected chi connectivity index (χ0v) is 11.9. The van der Waals surface area contributed by atoms with Gasteiger partial charge >= 0.3 is 0 Å². The van der Waals surface area contributed by atoms with Crippen molar-refractivity contribution in [3.05, 3.63) is 28.8 Å². The number of fused-ring (bicyclic) bond motifs is 1. The minimum absolute atomic E-state index is 0.356. The predicted octanol–water partition coefficient (Wildman–Crippen LogP) is 4.15. The average molecular weight is 248 g/mol. The maximum absolute atomic E-state index is 11.5. The molecule has 1 aromatic carbocycles. The molecule has 92 valence electrons. The molecule has 0 atom stereocenters. The number of benzene rings is 1. The third kappa shape index (κ3) is 2.57. The highest BCUT2D eigenvalue weighted by Crippen LogP contribution is 2.36. The van der Waals surface area contributed by atoms with Crippen LogP contribution in [0.15, 0.2) is 17.0 Å². The number of hydrogen-bond donors (Lipinski definition) is 0. The van der Waals surface area contributed by atoms with Crippen molar-refractivity contribution in [2.75, 3.05) is 5.75 Å². The van der Waals surface area contributed by atoms with Gasteiger partial charge in [-0.3, -0.25) is 4.79 Å². The summed E-state index contributed by atoms with van der Waals surface area (Å²) in [6.45, 7) is 8.94. The highest BCUT2D eigenvalue weighted by atomic mass is 32.2. The molecular formula is C15H20OS. The molecule has 0 N–H and O–H groups in total. The Kier molecular flexibility index (Phi) is 3.62. The van der Waals surface area contributed by atoms with E-state index in [-0.39, 0.29) is 0 Å². The lowest BCUT2D eigenvalue weighted by atomic mass is 9.88. The maximum atomic E-state index is 11.5. The topological polar surface area (TPSA) is 17.1 Å². The van der Waals surface area contributed by atoms with Crippen LogP contribution in [-0.4, -0.2) is 11.5 Å². The highest BCUT2D eigenvalue weighted by Gasteiger charge is 2.20. The highest BCUT2D eigenvalue weighted by molar-refractivity contribution is 8.00. The SMILES string of the molecule is CC(C)c1cc2c(cc1C(C)C)SCC(=O)C2. The van der Waals surface area contributed by atoms with Crippen LogP contribution in [0.3, 0.4) is 0 Å². The molecule has 1 aliphatic rings. The number of hydrogen-bond acceptors (Lipinski definition) is 2. The summed E-state index contributed by atoms with van der Waals surface area (Å²) < 4.78 is 0. The Morgan fingerprint density at radius 3 is 2.24 bits per heavy atom. The molecule has 2 rings (SSSR count). The van der Waals surface area contributed by atoms with E-state index in [0.29, 0.717) is 29.8 Å². The van der Waals surface area contributed by atoms with Crippen LogP contribution in [0.2, 0.25) is 0 Å². The third-order valence-electron chi connectivity index (χ3n) is 3.29. The molecule has 17 heavy (non-hydrogen) atoms. The smallest absolute Gasteiger partial charge is 0.147 e. The van der Waals surface area contributed by atoms with Crippen LogP contribution in [0.1, 0.15) is 56.2 Å². The van der Waals surface area contributed by atoms with Crippen LogP contribution in [0.4, 0.5) is 0 Å². The van der Waals surface area contributed by atoms with E-state index in [4.69, 9.17) is 0 Å². The van der Waals surface area contributed by atoms with Crippen molar-refractivity contribution in [2.24, 2.45) is 0 Å². The van der Waals surface area contributed by atoms with Crippen molar-refractivity contribution in [2.45, 2.75) is 50.8 Å². The molecule has 0 radical (unpaired) electrons. The van der Waals surface area contributed by atoms with E-state index in [1.165, 1.54) is 21.6 Å². The lowest BCUT2D eigenvalue weighted by Crippen LogP contribution is -2.13. The van der Waals surface area contributed by atoms with Crippen LogP contribution in [0, 0.1) is 0 Å². The molecule has 1 aliphatic heterocycles. The van der Waals surface area contributed by atoms with E-state index in [2.05, 4.69) is 39.8 Å². The second-order valence-corrected chi connectivity index (χ2v) is 6.42. The predicted molar refractivity (Wildman–Crippen MR) is 74.1 cm³/mol. The van der Waals surface area contributed by atoms with E-state index >= 15 is 0 Å². The van der Waals surface area contributed by atoms with Gasteiger partial charge in [-0.05, 0) is 34.6 Å². The first-order valence-electron chi connectivity index (χ1n) is 6.30. The summed E-state index contributed by atoms with van der Waals surface area (Å²) in [6.07, 6.45) is 0.625. The summed E-state index contributed by atoms with van der Waals surface area (Å²) in [5.74, 6) is 2.08. The maximum Gasteiger partial charge on any atom is 0.147 e. The summed E-state index contributed by atoms with van der Waals surface area (Å²) in [5, 5.41) is 0. The quantitative estimate of drug-likeness (QED) is 0.782. The van der Waals surface area contributed by atoms with Crippen LogP contribution >= 0.6 is 11.8 Å². The van der Waals surface area contributed by atoms with Gasteiger partial charge in [0.05, 0.1) is 5.75 Å². The zero-order chi connectivity index (χ0) is 12.6. The Bertz CT molecular complexity index is 446. The molecule has 0 saturated heterocycles. The molecule has 0 fully saturated rings. The number of Topliss-reactive ketones (excluding diaryl/α,β-unsaturated/α-hetero) is 1. The second kappa shape index (κ2) is 4.85. The minimum atomic E-state index is 0.356. The first-order valence-corrected chi connectivity index (χ1v) is 7.28. The normalized spacial score (nSPS) is 15.5. The summed E-state index contributed by atoms with van der Waals surface area (Å²) in [6, 6.07) is 4.58. The van der Waals surface area contributed by atoms with Crippen molar-refractivity contribution in [3.63, 3.8) is 0 Å². The van der Waals surface area contributed by atoms with Crippen molar-refractivity contribution < 1.29 is 4.79 Å². The molecule has 0 amide bonds. The number of thioether (sulfide) groups is 1. The summed E-state index contributed by atoms with van der Waals surface area (Å²) in [7, 11) is 0. The van der Waals surface area contributed by atoms with Crippen molar-refractivity contribution in [1.82, 2.24) is 0 Å². The Morgan fingerprint density at radius 1 is 1.06 bits per heavy atom. The molecule has 0 saturated carbocycles. The van der Waals surface area contributed by atoms with Gasteiger partial charge in [0.15, 0.2) is 0 Å². The lowest BCUT2D eigenvalue weighted by molar-refractivity contribution is -0.116. The van der Waals surface area contributed by atoms with Gasteiger partial charge < -0.3 is 0 Å². The van der Waals surface area contributed by atoms with E-state index in [0.717, 1.165) is 0 Å². The molecule has 0 bridgehead atoms. The monoisotopic (exact) mass is 248 g/mol. The van der Waals surface area contributed by atoms with Gasteiger partial charge in [-0.25, -0.2) is 0 Å². The summed E-state index contributed by atoms with van der Waals surface area (Å²) in [5.41, 5.74) is 4.09. The molecule has 0 aliphatic carbocycles. The van der Waals surface area contributed by atoms with Gasteiger partial charge in [0.2, 0.25) is 0 Å². The molecule has 2 heteroatoms. The van der Waals surface area contributed by atoms with Gasteiger partial charge in [-0.1, -0.05) is 33.8 Å². The van der Waals surface area contributed by atoms with Gasteiger partial charge in [-0.2, -0.15) is 0 Å². The Morgan fingerprint density at radius 2 is 1.65 bits per heavy atom. The molecule has 0 aromatic heterocycles. The van der Waals surface area contributed by atoms with E-state index in [1.807, 2.05) is 0 Å². The summed E-state index contributed by atoms with van der Waals surface area (Å²) in [4.78, 5) is 12.8. The van der Waals surface area contributed by atoms with Crippen molar-refractivity contribution >= 4 is 17.5 Å². The second-order valence-electron chi connectivity index (χ2n) is 5.40. The zero-order valence-electron chi connectivity index (χ0n) is 11.0. The molecule has 1 nitrogen and oxygen atoms in total. The van der Waals surface area contributed by atoms with Crippen LogP contribution in [0.5, 0.6) is 0 Å². The Labute approximate surface area is 108 Å². The van der Waals surface area contributed by atoms with Crippen LogP contribution in [0.25, 0.3) is 0 Å². The Balaban J connectivity index is 2.52. The van der Waals surface area contributed by atoms with E-state index < -0.39 is 0 Å². The van der Waals surface area contributed by atoms with Gasteiger partial charge in [0.1, 0.15) is 5.78 Å². The fourth-order valence-corrected chi connectivity index (χ4v) is 3.30. The van der Waals surface area contributed by atoms with E-state index in [1.54, 1.807) is 11.8 Å². The van der Waals surface area contributed by atoms with Gasteiger partial charge in [0.25, 0.3) is 0 Å². The molecule has 0 spiro atoms. The lowest BCUT2D eigenvalue weighted by Gasteiger charge is -2.22. The number of carbonyl (C=O) groups excluding carboxylic acids is 1. The number of ketones is 1. The standard InChI is InChI=1S/C15H20OS/c1-9(2)13-6-11-5-12(16)8-17-15(11)7-14(13)10(3)4/h6-7,9-10H,5,8H2,1-4H3. The Hall–Kier alpha value is -0.760. The molecular weight excluding hydrogens is 228 g/mol. The van der Waals surface area contributed by atoms with E-state index in [9.17, 15) is 4.79 Å². The fourth-order valence-electron chi connectivity index (χ4n) is 2.35. The number of carbonyl (C=O) groups is 1.